The number of hydrogen-bond acceptors (Lipinski definition) is 12. The number of fused-ring (bicyclic) bond motifs is 5. The summed E-state index contributed by atoms with van der Waals surface area (Å²) in [4.78, 5) is 71.6. The maximum Gasteiger partial charge on any atom is 0.257 e. The molecule has 4 aromatic carbocycles. The van der Waals surface area contributed by atoms with Crippen molar-refractivity contribution in [2.45, 2.75) is 91.6 Å². The second-order valence-electron chi connectivity index (χ2n) is 18.3. The van der Waals surface area contributed by atoms with E-state index in [-0.39, 0.29) is 48.5 Å². The first-order chi connectivity index (χ1) is 34.3. The van der Waals surface area contributed by atoms with Crippen LogP contribution >= 0.6 is 22.9 Å². The number of carbonyl (C=O) groups is 5. The number of piperidine rings is 1. The van der Waals surface area contributed by atoms with Gasteiger partial charge in [-0.2, -0.15) is 5.11 Å². The molecule has 18 heteroatoms. The Kier molecular flexibility index (Phi) is 14.8. The summed E-state index contributed by atoms with van der Waals surface area (Å²) in [7, 11) is 0. The summed E-state index contributed by atoms with van der Waals surface area (Å²) in [5.41, 5.74) is 7.26. The molecule has 0 saturated carbocycles. The van der Waals surface area contributed by atoms with E-state index in [0.717, 1.165) is 68.0 Å². The Hall–Kier alpha value is -7.11. The first-order valence-corrected chi connectivity index (χ1v) is 25.3. The molecule has 3 aliphatic rings. The van der Waals surface area contributed by atoms with Gasteiger partial charge in [-0.1, -0.05) is 60.5 Å². The number of hydrogen-bond donors (Lipinski definition) is 3. The van der Waals surface area contributed by atoms with Crippen molar-refractivity contribution >= 4 is 80.3 Å². The van der Waals surface area contributed by atoms with Crippen molar-refractivity contribution in [3.63, 3.8) is 0 Å². The molecule has 6 aromatic rings. The topological polar surface area (TPSA) is 202 Å². The monoisotopic (exact) mass is 994 g/mol. The molecule has 1 unspecified atom stereocenters. The molecule has 1 saturated heterocycles. The highest BCUT2D eigenvalue weighted by Crippen LogP contribution is 2.41. The second kappa shape index (κ2) is 21.5. The predicted molar refractivity (Wildman–Crippen MR) is 272 cm³/mol. The molecule has 16 nitrogen and oxygen atoms in total. The number of nitrogens with one attached hydrogen (secondary N) is 3. The van der Waals surface area contributed by atoms with Gasteiger partial charge in [0.2, 0.25) is 17.7 Å². The maximum atomic E-state index is 13.4. The van der Waals surface area contributed by atoms with E-state index < -0.39 is 6.04 Å². The van der Waals surface area contributed by atoms with Gasteiger partial charge in [0.25, 0.3) is 11.8 Å². The summed E-state index contributed by atoms with van der Waals surface area (Å²) >= 11 is 7.92. The minimum absolute atomic E-state index is 0.0539. The first-order valence-electron chi connectivity index (χ1n) is 24.1. The number of azo groups is 1. The predicted octanol–water partition coefficient (Wildman–Crippen LogP) is 9.34. The van der Waals surface area contributed by atoms with Gasteiger partial charge in [0.15, 0.2) is 12.4 Å². The number of benzene rings is 4. The van der Waals surface area contributed by atoms with Gasteiger partial charge in [0.1, 0.15) is 22.6 Å². The lowest BCUT2D eigenvalue weighted by Crippen LogP contribution is -2.40. The zero-order valence-corrected chi connectivity index (χ0v) is 41.7. The number of aliphatic imine (C=N–C) groups is 1. The average molecular weight is 996 g/mol. The molecule has 3 aliphatic heterocycles. The van der Waals surface area contributed by atoms with E-state index in [1.165, 1.54) is 4.88 Å². The summed E-state index contributed by atoms with van der Waals surface area (Å²) < 4.78 is 8.17. The number of nitrogens with zero attached hydrogens (tertiary/aromatic N) is 7. The van der Waals surface area contributed by atoms with Gasteiger partial charge < -0.3 is 20.3 Å². The second-order valence-corrected chi connectivity index (χ2v) is 19.9. The summed E-state index contributed by atoms with van der Waals surface area (Å²) in [6.45, 7) is 9.62. The normalized spacial score (nSPS) is 16.4. The highest BCUT2D eigenvalue weighted by Gasteiger charge is 2.33. The van der Waals surface area contributed by atoms with Gasteiger partial charge in [-0.15, -0.1) is 26.6 Å². The molecule has 3 N–H and O–H groups in total. The van der Waals surface area contributed by atoms with Gasteiger partial charge >= 0.3 is 0 Å². The Morgan fingerprint density at radius 2 is 1.62 bits per heavy atom. The molecular formula is C53H55ClN10O6S. The van der Waals surface area contributed by atoms with E-state index in [2.05, 4.69) is 50.2 Å². The largest absolute Gasteiger partial charge is 0.483 e. The fourth-order valence-electron chi connectivity index (χ4n) is 9.48. The number of aryl methyl sites for hydroxylation is 3. The van der Waals surface area contributed by atoms with Crippen molar-refractivity contribution in [2.24, 2.45) is 21.1 Å². The Morgan fingerprint density at radius 3 is 2.39 bits per heavy atom. The van der Waals surface area contributed by atoms with Crippen LogP contribution in [0.5, 0.6) is 5.75 Å². The summed E-state index contributed by atoms with van der Waals surface area (Å²) in [6.07, 6.45) is 4.52. The van der Waals surface area contributed by atoms with E-state index in [9.17, 15) is 24.0 Å². The number of halogens is 1. The Balaban J connectivity index is 0.753. The highest BCUT2D eigenvalue weighted by molar-refractivity contribution is 7.15. The van der Waals surface area contributed by atoms with E-state index in [1.54, 1.807) is 11.3 Å². The fraction of sp³-hybridized carbons (Fsp3) is 0.358. The molecule has 9 rings (SSSR count). The van der Waals surface area contributed by atoms with Crippen molar-refractivity contribution < 1.29 is 28.7 Å². The number of imide groups is 1. The number of amides is 5. The summed E-state index contributed by atoms with van der Waals surface area (Å²) in [5, 5.41) is 29.8. The maximum absolute atomic E-state index is 13.4. The van der Waals surface area contributed by atoms with Crippen LogP contribution in [-0.4, -0.2) is 81.2 Å². The smallest absolute Gasteiger partial charge is 0.257 e. The molecule has 366 valence electrons. The molecule has 0 radical (unpaired) electrons. The van der Waals surface area contributed by atoms with E-state index in [0.29, 0.717) is 91.8 Å². The third-order valence-electron chi connectivity index (χ3n) is 13.4. The van der Waals surface area contributed by atoms with Crippen molar-refractivity contribution in [1.82, 2.24) is 35.6 Å². The first kappa shape index (κ1) is 48.9. The van der Waals surface area contributed by atoms with Crippen LogP contribution < -0.4 is 20.7 Å². The van der Waals surface area contributed by atoms with E-state index in [4.69, 9.17) is 21.3 Å². The molecule has 2 aromatic heterocycles. The number of ether oxygens (including phenoxy) is 1. The molecule has 5 amide bonds. The lowest BCUT2D eigenvalue weighted by molar-refractivity contribution is -0.136. The van der Waals surface area contributed by atoms with Crippen LogP contribution in [0.4, 0.5) is 11.4 Å². The minimum atomic E-state index is -0.569. The lowest BCUT2D eigenvalue weighted by atomic mass is 9.93. The van der Waals surface area contributed by atoms with E-state index >= 15 is 0 Å². The molecule has 2 atom stereocenters. The Labute approximate surface area is 420 Å². The summed E-state index contributed by atoms with van der Waals surface area (Å²) in [5.74, 6) is 0.857. The third kappa shape index (κ3) is 10.7. The van der Waals surface area contributed by atoms with Gasteiger partial charge in [0, 0.05) is 81.4 Å². The number of carbonyl (C=O) groups excluding carboxylic acids is 5. The van der Waals surface area contributed by atoms with Crippen LogP contribution in [0, 0.1) is 33.6 Å². The molecular weight excluding hydrogens is 940 g/mol. The average Bonchev–Trinajstić information content (AvgIpc) is 3.97. The number of aromatic nitrogens is 3. The van der Waals surface area contributed by atoms with Crippen molar-refractivity contribution in [2.75, 3.05) is 26.2 Å². The fourth-order valence-corrected chi connectivity index (χ4v) is 10.8. The third-order valence-corrected chi connectivity index (χ3v) is 14.8. The van der Waals surface area contributed by atoms with Crippen LogP contribution in [0.1, 0.15) is 112 Å². The van der Waals surface area contributed by atoms with Crippen molar-refractivity contribution in [3.8, 4) is 10.8 Å². The Morgan fingerprint density at radius 1 is 0.873 bits per heavy atom. The van der Waals surface area contributed by atoms with Gasteiger partial charge in [-0.3, -0.25) is 38.8 Å². The molecule has 0 spiro atoms. The number of rotatable bonds is 18. The van der Waals surface area contributed by atoms with Crippen molar-refractivity contribution in [3.05, 3.63) is 128 Å². The molecule has 0 bridgehead atoms. The number of unbranched alkanes of at least 4 members (excludes halogenated alkanes) is 2. The molecule has 0 aliphatic carbocycles. The number of thiophene rings is 1. The zero-order valence-electron chi connectivity index (χ0n) is 40.1. The van der Waals surface area contributed by atoms with Crippen LogP contribution in [0.15, 0.2) is 88.0 Å². The standard InChI is InChI=1S/C53H55ClN10O6S/c1-30-26-42(61-60-41-16-11-15-39-40(41)28-63(52(39)69)25-10-7-12-35-19-22-44(65)58-51(35)68)37-13-5-6-14-38(37)49(30)70-29-46(67)56-24-9-8-23-55-45(66)27-43-50-62-59-33(4)64(50)53-47(31(2)32(3)71-53)48(57-43)34-17-20-36(54)21-18-34/h5-6,11,13-18,20-21,26,35,43H,7-10,12,19,22-25,27-29H2,1-4H3,(H,55,66)(H,56,67)(H,58,65,68)/t35?,43-/m0/s1. The van der Waals surface area contributed by atoms with Crippen molar-refractivity contribution in [1.29, 1.82) is 0 Å². The zero-order chi connectivity index (χ0) is 49.8. The highest BCUT2D eigenvalue weighted by atomic mass is 35.5. The van der Waals surface area contributed by atoms with Crippen LogP contribution in [0.3, 0.4) is 0 Å². The van der Waals surface area contributed by atoms with Gasteiger partial charge in [-0.25, -0.2) is 0 Å². The SMILES string of the molecule is Cc1cc(N=Nc2cccc3c2CN(CCCCC2CCC(=O)NC2=O)C3=O)c2ccccc2c1OCC(=O)NCCCCNC(=O)C[C@@H]1N=C(c2ccc(Cl)cc2)c2c(sc(C)c2C)-n2c(C)nnc21. The molecule has 71 heavy (non-hydrogen) atoms. The van der Waals surface area contributed by atoms with Crippen LogP contribution in [-0.2, 0) is 25.7 Å². The quantitative estimate of drug-likeness (QED) is 0.0429. The van der Waals surface area contributed by atoms with Gasteiger partial charge in [-0.05, 0) is 101 Å². The lowest BCUT2D eigenvalue weighted by Gasteiger charge is -2.21. The summed E-state index contributed by atoms with van der Waals surface area (Å²) in [6, 6.07) is 22.0. The molecule has 1 fully saturated rings. The Bertz CT molecular complexity index is 3130. The van der Waals surface area contributed by atoms with E-state index in [1.807, 2.05) is 96.1 Å². The minimum Gasteiger partial charge on any atom is -0.483 e. The van der Waals surface area contributed by atoms with Gasteiger partial charge in [0.05, 0.1) is 23.5 Å². The van der Waals surface area contributed by atoms with Crippen LogP contribution in [0.25, 0.3) is 15.8 Å². The molecule has 5 heterocycles. The van der Waals surface area contributed by atoms with Crippen LogP contribution in [0.2, 0.25) is 5.02 Å².